The predicted molar refractivity (Wildman–Crippen MR) is 157 cm³/mol. The number of hydrogen-bond acceptors (Lipinski definition) is 6. The number of fused-ring (bicyclic) bond motifs is 1. The van der Waals surface area contributed by atoms with Crippen molar-refractivity contribution in [1.82, 2.24) is 9.88 Å². The Morgan fingerprint density at radius 2 is 2.00 bits per heavy atom. The van der Waals surface area contributed by atoms with Crippen molar-refractivity contribution in [2.45, 2.75) is 64.1 Å². The summed E-state index contributed by atoms with van der Waals surface area (Å²) >= 11 is 0. The number of carboxylic acid groups (broad SMARTS) is 1. The molecule has 3 aromatic rings. The Morgan fingerprint density at radius 1 is 1.17 bits per heavy atom. The van der Waals surface area contributed by atoms with Crippen LogP contribution in [0, 0.1) is 17.7 Å². The van der Waals surface area contributed by atoms with E-state index < -0.39 is 17.7 Å². The standard InChI is InChI=1S/C34H39FN2O5/c1-20-19-41-13-12-37(20)18-26-14-24(8-10-27(26)28-16-32(40-3)36-17-29(28)35)30-11-9-22-4-7-25(15-31(22)42-30)33(23-5-6-23)21(2)34(38)39/h4,7-8,10,14-17,20-21,23,30,33H,5-6,9,11-13,18-19H2,1-3H3,(H,38,39)/t20-,21-,30?,33-/m0/s1. The molecule has 2 aromatic carbocycles. The quantitative estimate of drug-likeness (QED) is 0.317. The third-order valence-electron chi connectivity index (χ3n) is 9.19. The molecule has 0 bridgehead atoms. The number of aromatic nitrogens is 1. The second-order valence-corrected chi connectivity index (χ2v) is 12.0. The molecule has 0 spiro atoms. The van der Waals surface area contributed by atoms with Gasteiger partial charge in [-0.05, 0) is 78.3 Å². The van der Waals surface area contributed by atoms with Crippen LogP contribution in [0.25, 0.3) is 11.1 Å². The summed E-state index contributed by atoms with van der Waals surface area (Å²) in [6.45, 7) is 6.76. The zero-order valence-electron chi connectivity index (χ0n) is 24.5. The molecule has 1 saturated carbocycles. The zero-order chi connectivity index (χ0) is 29.4. The maximum Gasteiger partial charge on any atom is 0.306 e. The number of aryl methyl sites for hydroxylation is 1. The number of aliphatic carboxylic acids is 1. The smallest absolute Gasteiger partial charge is 0.306 e. The van der Waals surface area contributed by atoms with E-state index in [-0.39, 0.29) is 18.1 Å². The first-order chi connectivity index (χ1) is 20.3. The Bertz CT molecular complexity index is 1460. The van der Waals surface area contributed by atoms with Crippen LogP contribution in [0.2, 0.25) is 0 Å². The summed E-state index contributed by atoms with van der Waals surface area (Å²) in [5.74, 6) is 0.0174. The molecule has 1 saturated heterocycles. The summed E-state index contributed by atoms with van der Waals surface area (Å²) in [5, 5.41) is 9.76. The maximum absolute atomic E-state index is 15.1. The van der Waals surface area contributed by atoms with Crippen LogP contribution in [0.3, 0.4) is 0 Å². The number of carbonyl (C=O) groups is 1. The van der Waals surface area contributed by atoms with Crippen molar-refractivity contribution in [1.29, 1.82) is 0 Å². The van der Waals surface area contributed by atoms with Gasteiger partial charge in [0.1, 0.15) is 17.7 Å². The average molecular weight is 575 g/mol. The summed E-state index contributed by atoms with van der Waals surface area (Å²) in [7, 11) is 1.53. The van der Waals surface area contributed by atoms with Crippen molar-refractivity contribution in [3.8, 4) is 22.8 Å². The number of halogens is 1. The van der Waals surface area contributed by atoms with Crippen LogP contribution < -0.4 is 9.47 Å². The van der Waals surface area contributed by atoms with Gasteiger partial charge in [-0.2, -0.15) is 0 Å². The molecule has 1 N–H and O–H groups in total. The van der Waals surface area contributed by atoms with Gasteiger partial charge in [-0.15, -0.1) is 0 Å². The van der Waals surface area contributed by atoms with Crippen molar-refractivity contribution in [2.24, 2.45) is 11.8 Å². The molecular formula is C34H39FN2O5. The molecule has 7 nitrogen and oxygen atoms in total. The molecule has 1 unspecified atom stereocenters. The number of carboxylic acids is 1. The first kappa shape index (κ1) is 28.6. The van der Waals surface area contributed by atoms with E-state index in [0.717, 1.165) is 65.8 Å². The predicted octanol–water partition coefficient (Wildman–Crippen LogP) is 6.40. The third kappa shape index (κ3) is 5.88. The fraction of sp³-hybridized carbons (Fsp3) is 0.471. The van der Waals surface area contributed by atoms with E-state index >= 15 is 4.39 Å². The molecule has 8 heteroatoms. The summed E-state index contributed by atoms with van der Waals surface area (Å²) < 4.78 is 32.7. The molecule has 0 amide bonds. The van der Waals surface area contributed by atoms with Gasteiger partial charge in [0, 0.05) is 30.8 Å². The fourth-order valence-corrected chi connectivity index (χ4v) is 6.57. The van der Waals surface area contributed by atoms with Crippen LogP contribution in [-0.2, 0) is 22.5 Å². The molecule has 3 heterocycles. The molecule has 42 heavy (non-hydrogen) atoms. The van der Waals surface area contributed by atoms with Crippen LogP contribution in [0.4, 0.5) is 4.39 Å². The number of hydrogen-bond donors (Lipinski definition) is 1. The molecule has 3 aliphatic rings. The highest BCUT2D eigenvalue weighted by molar-refractivity contribution is 5.71. The highest BCUT2D eigenvalue weighted by Crippen LogP contribution is 2.48. The lowest BCUT2D eigenvalue weighted by Crippen LogP contribution is -2.43. The molecule has 1 aliphatic carbocycles. The lowest BCUT2D eigenvalue weighted by Gasteiger charge is -2.34. The molecule has 6 rings (SSSR count). The highest BCUT2D eigenvalue weighted by atomic mass is 19.1. The Kier molecular flexibility index (Phi) is 8.19. The number of pyridine rings is 1. The van der Waals surface area contributed by atoms with Crippen LogP contribution >= 0.6 is 0 Å². The average Bonchev–Trinajstić information content (AvgIpc) is 3.83. The second-order valence-electron chi connectivity index (χ2n) is 12.0. The van der Waals surface area contributed by atoms with Crippen molar-refractivity contribution < 1.29 is 28.5 Å². The third-order valence-corrected chi connectivity index (χ3v) is 9.19. The number of nitrogens with zero attached hydrogens (tertiary/aromatic N) is 2. The minimum absolute atomic E-state index is 0.00887. The molecule has 2 fully saturated rings. The number of morpholine rings is 1. The molecule has 0 radical (unpaired) electrons. The van der Waals surface area contributed by atoms with Gasteiger partial charge in [0.25, 0.3) is 0 Å². The van der Waals surface area contributed by atoms with E-state index in [9.17, 15) is 9.90 Å². The van der Waals surface area contributed by atoms with E-state index in [1.54, 1.807) is 6.07 Å². The lowest BCUT2D eigenvalue weighted by atomic mass is 9.82. The SMILES string of the molecule is COc1cc(-c2ccc(C3CCc4ccc([C@H](C5CC5)[C@H](C)C(=O)O)cc4O3)cc2CN2CCOC[C@@H]2C)c(F)cn1. The van der Waals surface area contributed by atoms with Crippen LogP contribution in [0.1, 0.15) is 67.4 Å². The summed E-state index contributed by atoms with van der Waals surface area (Å²) in [5.41, 5.74) is 5.53. The van der Waals surface area contributed by atoms with E-state index in [0.29, 0.717) is 37.1 Å². The Morgan fingerprint density at radius 3 is 2.74 bits per heavy atom. The van der Waals surface area contributed by atoms with Gasteiger partial charge in [-0.1, -0.05) is 37.3 Å². The number of ether oxygens (including phenoxy) is 3. The van der Waals surface area contributed by atoms with Crippen molar-refractivity contribution in [3.05, 3.63) is 76.7 Å². The summed E-state index contributed by atoms with van der Waals surface area (Å²) in [4.78, 5) is 18.3. The van der Waals surface area contributed by atoms with Crippen LogP contribution in [0.15, 0.2) is 48.7 Å². The van der Waals surface area contributed by atoms with Gasteiger partial charge in [-0.3, -0.25) is 9.69 Å². The van der Waals surface area contributed by atoms with Crippen LogP contribution in [-0.4, -0.2) is 53.9 Å². The first-order valence-electron chi connectivity index (χ1n) is 15.0. The topological polar surface area (TPSA) is 81.1 Å². The fourth-order valence-electron chi connectivity index (χ4n) is 6.57. The van der Waals surface area contributed by atoms with Crippen molar-refractivity contribution in [3.63, 3.8) is 0 Å². The molecule has 1 aromatic heterocycles. The van der Waals surface area contributed by atoms with E-state index in [2.05, 4.69) is 41.1 Å². The van der Waals surface area contributed by atoms with Gasteiger partial charge < -0.3 is 19.3 Å². The van der Waals surface area contributed by atoms with E-state index in [1.165, 1.54) is 13.3 Å². The van der Waals surface area contributed by atoms with Crippen molar-refractivity contribution >= 4 is 5.97 Å². The number of rotatable bonds is 9. The van der Waals surface area contributed by atoms with Gasteiger partial charge >= 0.3 is 5.97 Å². The number of methoxy groups -OCH3 is 1. The normalized spacial score (nSPS) is 22.1. The number of benzene rings is 2. The van der Waals surface area contributed by atoms with Crippen molar-refractivity contribution in [2.75, 3.05) is 26.9 Å². The first-order valence-corrected chi connectivity index (χ1v) is 15.0. The van der Waals surface area contributed by atoms with Gasteiger partial charge in [0.15, 0.2) is 0 Å². The minimum atomic E-state index is -0.756. The highest BCUT2D eigenvalue weighted by Gasteiger charge is 2.39. The maximum atomic E-state index is 15.1. The van der Waals surface area contributed by atoms with Gasteiger partial charge in [-0.25, -0.2) is 9.37 Å². The van der Waals surface area contributed by atoms with E-state index in [1.807, 2.05) is 19.1 Å². The molecule has 4 atom stereocenters. The largest absolute Gasteiger partial charge is 0.485 e. The molecular weight excluding hydrogens is 535 g/mol. The van der Waals surface area contributed by atoms with E-state index in [4.69, 9.17) is 14.2 Å². The van der Waals surface area contributed by atoms with Gasteiger partial charge in [0.2, 0.25) is 5.88 Å². The Hall–Kier alpha value is -3.49. The molecule has 2 aliphatic heterocycles. The van der Waals surface area contributed by atoms with Crippen LogP contribution in [0.5, 0.6) is 11.6 Å². The summed E-state index contributed by atoms with van der Waals surface area (Å²) in [6, 6.07) is 14.4. The zero-order valence-corrected chi connectivity index (χ0v) is 24.5. The Balaban J connectivity index is 1.32. The van der Waals surface area contributed by atoms with Gasteiger partial charge in [0.05, 0.1) is 32.4 Å². The summed E-state index contributed by atoms with van der Waals surface area (Å²) in [6.07, 6.45) is 4.90. The Labute approximate surface area is 246 Å². The lowest BCUT2D eigenvalue weighted by molar-refractivity contribution is -0.142. The monoisotopic (exact) mass is 574 g/mol. The minimum Gasteiger partial charge on any atom is -0.485 e. The molecule has 222 valence electrons. The second kappa shape index (κ2) is 12.0.